The Labute approximate surface area is 181 Å². The Morgan fingerprint density at radius 3 is 2.50 bits per heavy atom. The number of aliphatic hydroxyl groups is 2. The summed E-state index contributed by atoms with van der Waals surface area (Å²) in [5, 5.41) is 20.3. The van der Waals surface area contributed by atoms with Gasteiger partial charge in [0.2, 0.25) is 6.36 Å². The van der Waals surface area contributed by atoms with Gasteiger partial charge < -0.3 is 20.3 Å². The molecule has 11 heteroatoms. The summed E-state index contributed by atoms with van der Waals surface area (Å²) in [5.74, 6) is -0.739. The van der Waals surface area contributed by atoms with Crippen LogP contribution < -0.4 is 11.0 Å². The minimum absolute atomic E-state index is 0.0880. The predicted molar refractivity (Wildman–Crippen MR) is 110 cm³/mol. The Kier molecular flexibility index (Phi) is 7.71. The van der Waals surface area contributed by atoms with Crippen LogP contribution >= 0.6 is 0 Å². The van der Waals surface area contributed by atoms with Gasteiger partial charge in [-0.3, -0.25) is 9.36 Å². The van der Waals surface area contributed by atoms with Crippen LogP contribution in [0.25, 0.3) is 11.3 Å². The lowest BCUT2D eigenvalue weighted by atomic mass is 10.1. The number of anilines is 1. The number of aliphatic hydroxyl groups excluding tert-OH is 2. The standard InChI is InChI=1S/C21H20F2N4O5/c22-11-18(32-16(12-28)19(23)29)27-10-9-17(26-21(27)31)25-20(30)15-8-4-7-14(24-15)13-5-2-1-3-6-13/h1-10,16,18-19,28-29H,11-12H2,(H,25,26,30,31)/t16-,18-,19-/m1/s1. The molecule has 0 aliphatic carbocycles. The number of pyridine rings is 1. The first kappa shape index (κ1) is 23.1. The summed E-state index contributed by atoms with van der Waals surface area (Å²) in [6.45, 7) is -2.19. The number of alkyl halides is 2. The van der Waals surface area contributed by atoms with Crippen LogP contribution in [-0.2, 0) is 4.74 Å². The van der Waals surface area contributed by atoms with E-state index >= 15 is 0 Å². The van der Waals surface area contributed by atoms with Gasteiger partial charge in [-0.05, 0) is 18.2 Å². The number of nitrogens with one attached hydrogen (secondary N) is 1. The molecule has 0 radical (unpaired) electrons. The van der Waals surface area contributed by atoms with Crippen molar-refractivity contribution in [1.29, 1.82) is 0 Å². The fourth-order valence-electron chi connectivity index (χ4n) is 2.79. The zero-order valence-corrected chi connectivity index (χ0v) is 16.6. The number of hydrogen-bond donors (Lipinski definition) is 3. The van der Waals surface area contributed by atoms with E-state index in [0.29, 0.717) is 10.3 Å². The molecule has 2 aromatic heterocycles. The monoisotopic (exact) mass is 446 g/mol. The lowest BCUT2D eigenvalue weighted by molar-refractivity contribution is -0.165. The van der Waals surface area contributed by atoms with E-state index in [0.717, 1.165) is 11.8 Å². The average Bonchev–Trinajstić information content (AvgIpc) is 2.81. The summed E-state index contributed by atoms with van der Waals surface area (Å²) in [6.07, 6.45) is -4.87. The first-order valence-corrected chi connectivity index (χ1v) is 9.50. The molecule has 0 fully saturated rings. The largest absolute Gasteiger partial charge is 0.393 e. The minimum Gasteiger partial charge on any atom is -0.393 e. The molecular weight excluding hydrogens is 426 g/mol. The topological polar surface area (TPSA) is 127 Å². The Morgan fingerprint density at radius 1 is 1.12 bits per heavy atom. The molecule has 2 heterocycles. The second-order valence-electron chi connectivity index (χ2n) is 6.57. The van der Waals surface area contributed by atoms with Gasteiger partial charge in [-0.1, -0.05) is 36.4 Å². The van der Waals surface area contributed by atoms with Crippen LogP contribution in [0.1, 0.15) is 16.7 Å². The maximum atomic E-state index is 13.3. The van der Waals surface area contributed by atoms with Crippen molar-refractivity contribution in [2.75, 3.05) is 18.6 Å². The third-order valence-corrected chi connectivity index (χ3v) is 4.38. The first-order valence-electron chi connectivity index (χ1n) is 9.50. The molecule has 1 amide bonds. The van der Waals surface area contributed by atoms with Gasteiger partial charge in [0.05, 0.1) is 12.3 Å². The predicted octanol–water partition coefficient (Wildman–Crippen LogP) is 1.69. The Balaban J connectivity index is 1.75. The van der Waals surface area contributed by atoms with Crippen molar-refractivity contribution >= 4 is 11.7 Å². The molecule has 3 rings (SSSR count). The van der Waals surface area contributed by atoms with Crippen LogP contribution in [0.3, 0.4) is 0 Å². The Bertz CT molecular complexity index is 1110. The van der Waals surface area contributed by atoms with Crippen molar-refractivity contribution in [3.05, 3.63) is 77.0 Å². The van der Waals surface area contributed by atoms with Crippen LogP contribution in [0.2, 0.25) is 0 Å². The molecule has 3 aromatic rings. The summed E-state index contributed by atoms with van der Waals surface area (Å²) >= 11 is 0. The van der Waals surface area contributed by atoms with Crippen molar-refractivity contribution in [3.8, 4) is 11.3 Å². The van der Waals surface area contributed by atoms with Crippen molar-refractivity contribution in [3.63, 3.8) is 0 Å². The number of hydrogen-bond acceptors (Lipinski definition) is 7. The van der Waals surface area contributed by atoms with Crippen molar-refractivity contribution in [1.82, 2.24) is 14.5 Å². The van der Waals surface area contributed by atoms with E-state index in [4.69, 9.17) is 14.9 Å². The van der Waals surface area contributed by atoms with Gasteiger partial charge in [0.1, 0.15) is 24.3 Å². The fraction of sp³-hybridized carbons (Fsp3) is 0.238. The smallest absolute Gasteiger partial charge is 0.351 e. The van der Waals surface area contributed by atoms with E-state index < -0.39 is 43.6 Å². The zero-order valence-electron chi connectivity index (χ0n) is 16.6. The van der Waals surface area contributed by atoms with Gasteiger partial charge in [0.15, 0.2) is 6.23 Å². The number of benzene rings is 1. The maximum absolute atomic E-state index is 13.3. The van der Waals surface area contributed by atoms with E-state index in [2.05, 4.69) is 15.3 Å². The molecule has 1 aromatic carbocycles. The van der Waals surface area contributed by atoms with E-state index in [1.807, 2.05) is 30.3 Å². The molecule has 0 aliphatic heterocycles. The maximum Gasteiger partial charge on any atom is 0.351 e. The Morgan fingerprint density at radius 2 is 1.88 bits per heavy atom. The van der Waals surface area contributed by atoms with Gasteiger partial charge in [-0.15, -0.1) is 0 Å². The number of halogens is 2. The number of carbonyl (C=O) groups is 1. The third-order valence-electron chi connectivity index (χ3n) is 4.38. The average molecular weight is 446 g/mol. The fourth-order valence-corrected chi connectivity index (χ4v) is 2.79. The number of amides is 1. The van der Waals surface area contributed by atoms with Crippen molar-refractivity contribution in [2.45, 2.75) is 18.7 Å². The lowest BCUT2D eigenvalue weighted by Gasteiger charge is -2.23. The van der Waals surface area contributed by atoms with Crippen LogP contribution in [0.15, 0.2) is 65.6 Å². The molecule has 0 spiro atoms. The number of aromatic nitrogens is 3. The summed E-state index contributed by atoms with van der Waals surface area (Å²) in [7, 11) is 0. The molecule has 0 saturated carbocycles. The lowest BCUT2D eigenvalue weighted by Crippen LogP contribution is -2.37. The third kappa shape index (κ3) is 5.58. The highest BCUT2D eigenvalue weighted by atomic mass is 19.1. The second-order valence-corrected chi connectivity index (χ2v) is 6.57. The van der Waals surface area contributed by atoms with Gasteiger partial charge in [0, 0.05) is 11.8 Å². The Hall–Kier alpha value is -3.54. The number of carbonyl (C=O) groups excluding carboxylic acids is 1. The summed E-state index contributed by atoms with van der Waals surface area (Å²) in [4.78, 5) is 32.7. The molecule has 32 heavy (non-hydrogen) atoms. The molecule has 0 unspecified atom stereocenters. The number of ether oxygens (including phenoxy) is 1. The normalized spacial score (nSPS) is 13.9. The number of rotatable bonds is 9. The molecule has 3 atom stereocenters. The highest BCUT2D eigenvalue weighted by Gasteiger charge is 2.25. The van der Waals surface area contributed by atoms with Gasteiger partial charge in [0.25, 0.3) is 5.91 Å². The van der Waals surface area contributed by atoms with Gasteiger partial charge in [-0.2, -0.15) is 4.98 Å². The van der Waals surface area contributed by atoms with Crippen LogP contribution in [0.5, 0.6) is 0 Å². The van der Waals surface area contributed by atoms with Crippen LogP contribution in [0, 0.1) is 0 Å². The minimum atomic E-state index is -2.57. The van der Waals surface area contributed by atoms with Crippen molar-refractivity contribution in [2.24, 2.45) is 0 Å². The molecule has 0 aliphatic rings. The van der Waals surface area contributed by atoms with Gasteiger partial charge >= 0.3 is 5.69 Å². The molecular formula is C21H20F2N4O5. The summed E-state index contributed by atoms with van der Waals surface area (Å²) in [6, 6.07) is 15.3. The summed E-state index contributed by atoms with van der Waals surface area (Å²) in [5.41, 5.74) is 0.490. The van der Waals surface area contributed by atoms with Crippen molar-refractivity contribution < 1.29 is 28.5 Å². The molecule has 168 valence electrons. The molecule has 0 bridgehead atoms. The quantitative estimate of drug-likeness (QED) is 0.457. The number of nitrogens with zero attached hydrogens (tertiary/aromatic N) is 3. The van der Waals surface area contributed by atoms with E-state index in [1.165, 1.54) is 12.1 Å². The SMILES string of the molecule is O=C(Nc1ccn([C@@H](CF)O[C@H](CO)[C@@H](O)F)c(=O)n1)c1cccc(-c2ccccc2)n1. The van der Waals surface area contributed by atoms with E-state index in [9.17, 15) is 18.4 Å². The molecule has 0 saturated heterocycles. The second kappa shape index (κ2) is 10.7. The molecule has 3 N–H and O–H groups in total. The van der Waals surface area contributed by atoms with Crippen LogP contribution in [0.4, 0.5) is 14.6 Å². The zero-order chi connectivity index (χ0) is 23.1. The summed E-state index contributed by atoms with van der Waals surface area (Å²) < 4.78 is 31.9. The highest BCUT2D eigenvalue weighted by molar-refractivity contribution is 6.02. The van der Waals surface area contributed by atoms with Crippen LogP contribution in [-0.4, -0.2) is 56.4 Å². The van der Waals surface area contributed by atoms with E-state index in [-0.39, 0.29) is 11.5 Å². The molecule has 9 nitrogen and oxygen atoms in total. The van der Waals surface area contributed by atoms with E-state index in [1.54, 1.807) is 12.1 Å². The first-order chi connectivity index (χ1) is 15.4. The highest BCUT2D eigenvalue weighted by Crippen LogP contribution is 2.17. The van der Waals surface area contributed by atoms with Gasteiger partial charge in [-0.25, -0.2) is 18.6 Å².